The highest BCUT2D eigenvalue weighted by Gasteiger charge is 2.18. The predicted molar refractivity (Wildman–Crippen MR) is 57.5 cm³/mol. The minimum absolute atomic E-state index is 0.121. The zero-order valence-corrected chi connectivity index (χ0v) is 9.98. The van der Waals surface area contributed by atoms with Gasteiger partial charge in [-0.05, 0) is 22.0 Å². The molecule has 15 heavy (non-hydrogen) atoms. The van der Waals surface area contributed by atoms with Crippen LogP contribution in [0.5, 0.6) is 0 Å². The van der Waals surface area contributed by atoms with Crippen LogP contribution in [-0.4, -0.2) is 26.6 Å². The van der Waals surface area contributed by atoms with Crippen LogP contribution in [0.15, 0.2) is 21.6 Å². The predicted octanol–water partition coefficient (Wildman–Crippen LogP) is 0.674. The van der Waals surface area contributed by atoms with Crippen LogP contribution in [-0.2, 0) is 10.0 Å². The molecule has 0 amide bonds. The third-order valence-corrected chi connectivity index (χ3v) is 3.45. The number of halogens is 2. The SMILES string of the molecule is Nc1ncc(Br)cc1S(=O)(=O)NCCF. The molecule has 0 aliphatic heterocycles. The van der Waals surface area contributed by atoms with Crippen LogP contribution in [0.3, 0.4) is 0 Å². The summed E-state index contributed by atoms with van der Waals surface area (Å²) < 4.78 is 37.5. The second kappa shape index (κ2) is 4.86. The molecule has 0 aliphatic carbocycles. The van der Waals surface area contributed by atoms with Crippen LogP contribution in [0.2, 0.25) is 0 Å². The van der Waals surface area contributed by atoms with Crippen molar-refractivity contribution in [3.8, 4) is 0 Å². The van der Waals surface area contributed by atoms with Gasteiger partial charge in [0.2, 0.25) is 10.0 Å². The smallest absolute Gasteiger partial charge is 0.244 e. The molecule has 0 unspecified atom stereocenters. The Morgan fingerprint density at radius 3 is 2.87 bits per heavy atom. The highest BCUT2D eigenvalue weighted by molar-refractivity contribution is 9.10. The Morgan fingerprint density at radius 2 is 2.27 bits per heavy atom. The maximum atomic E-state index is 11.8. The maximum Gasteiger partial charge on any atom is 0.244 e. The summed E-state index contributed by atoms with van der Waals surface area (Å²) in [6, 6.07) is 1.31. The number of rotatable bonds is 4. The molecule has 0 radical (unpaired) electrons. The van der Waals surface area contributed by atoms with Gasteiger partial charge in [0.1, 0.15) is 17.4 Å². The van der Waals surface area contributed by atoms with E-state index in [1.54, 1.807) is 0 Å². The number of alkyl halides is 1. The lowest BCUT2D eigenvalue weighted by molar-refractivity contribution is 0.486. The van der Waals surface area contributed by atoms with Crippen LogP contribution in [0, 0.1) is 0 Å². The molecule has 0 aromatic carbocycles. The molecular weight excluding hydrogens is 289 g/mol. The molecule has 0 fully saturated rings. The molecule has 1 aromatic heterocycles. The largest absolute Gasteiger partial charge is 0.383 e. The van der Waals surface area contributed by atoms with E-state index >= 15 is 0 Å². The number of nitrogens with two attached hydrogens (primary N) is 1. The molecule has 0 aliphatic rings. The first-order valence-corrected chi connectivity index (χ1v) is 6.21. The first-order chi connectivity index (χ1) is 6.97. The summed E-state index contributed by atoms with van der Waals surface area (Å²) in [5.74, 6) is -0.121. The van der Waals surface area contributed by atoms with Gasteiger partial charge < -0.3 is 5.73 Å². The first kappa shape index (κ1) is 12.3. The molecule has 3 N–H and O–H groups in total. The summed E-state index contributed by atoms with van der Waals surface area (Å²) >= 11 is 3.07. The Hall–Kier alpha value is -0.730. The van der Waals surface area contributed by atoms with Crippen molar-refractivity contribution in [2.24, 2.45) is 0 Å². The molecular formula is C7H9BrFN3O2S. The fourth-order valence-electron chi connectivity index (χ4n) is 0.897. The zero-order chi connectivity index (χ0) is 11.5. The molecule has 1 rings (SSSR count). The van der Waals surface area contributed by atoms with Crippen LogP contribution >= 0.6 is 15.9 Å². The van der Waals surface area contributed by atoms with Gasteiger partial charge in [-0.15, -0.1) is 0 Å². The lowest BCUT2D eigenvalue weighted by Crippen LogP contribution is -2.26. The summed E-state index contributed by atoms with van der Waals surface area (Å²) in [7, 11) is -3.78. The zero-order valence-electron chi connectivity index (χ0n) is 7.57. The standard InChI is InChI=1S/C7H9BrFN3O2S/c8-5-3-6(7(10)11-4-5)15(13,14)12-2-1-9/h3-4,12H,1-2H2,(H2,10,11). The number of sulfonamides is 1. The van der Waals surface area contributed by atoms with Crippen molar-refractivity contribution >= 4 is 31.8 Å². The molecule has 0 atom stereocenters. The van der Waals surface area contributed by atoms with E-state index in [4.69, 9.17) is 5.73 Å². The van der Waals surface area contributed by atoms with E-state index in [1.807, 2.05) is 4.72 Å². The van der Waals surface area contributed by atoms with Crippen molar-refractivity contribution in [1.29, 1.82) is 0 Å². The van der Waals surface area contributed by atoms with Crippen LogP contribution < -0.4 is 10.5 Å². The minimum atomic E-state index is -3.78. The van der Waals surface area contributed by atoms with E-state index in [9.17, 15) is 12.8 Å². The molecule has 1 heterocycles. The van der Waals surface area contributed by atoms with Gasteiger partial charge in [0.25, 0.3) is 0 Å². The molecule has 0 saturated heterocycles. The lowest BCUT2D eigenvalue weighted by atomic mass is 10.5. The Labute approximate surface area is 95.1 Å². The molecule has 0 spiro atoms. The first-order valence-electron chi connectivity index (χ1n) is 3.94. The van der Waals surface area contributed by atoms with E-state index < -0.39 is 16.7 Å². The molecule has 0 saturated carbocycles. The second-order valence-corrected chi connectivity index (χ2v) is 5.27. The van der Waals surface area contributed by atoms with Gasteiger partial charge in [0.15, 0.2) is 0 Å². The summed E-state index contributed by atoms with van der Waals surface area (Å²) in [5.41, 5.74) is 5.40. The van der Waals surface area contributed by atoms with E-state index in [0.717, 1.165) is 0 Å². The van der Waals surface area contributed by atoms with Gasteiger partial charge in [-0.2, -0.15) is 0 Å². The van der Waals surface area contributed by atoms with Gasteiger partial charge >= 0.3 is 0 Å². The van der Waals surface area contributed by atoms with Gasteiger partial charge in [-0.3, -0.25) is 0 Å². The molecule has 8 heteroatoms. The average molecular weight is 298 g/mol. The molecule has 1 aromatic rings. The highest BCUT2D eigenvalue weighted by atomic mass is 79.9. The van der Waals surface area contributed by atoms with Gasteiger partial charge in [-0.25, -0.2) is 22.5 Å². The normalized spacial score (nSPS) is 11.6. The number of nitrogens with one attached hydrogen (secondary N) is 1. The number of pyridine rings is 1. The third-order valence-electron chi connectivity index (χ3n) is 1.52. The summed E-state index contributed by atoms with van der Waals surface area (Å²) in [5, 5.41) is 0. The molecule has 0 bridgehead atoms. The van der Waals surface area contributed by atoms with Crippen LogP contribution in [0.4, 0.5) is 10.2 Å². The Kier molecular flexibility index (Phi) is 4.00. The fraction of sp³-hybridized carbons (Fsp3) is 0.286. The van der Waals surface area contributed by atoms with Crippen molar-refractivity contribution < 1.29 is 12.8 Å². The number of anilines is 1. The second-order valence-electron chi connectivity index (χ2n) is 2.62. The maximum absolute atomic E-state index is 11.8. The lowest BCUT2D eigenvalue weighted by Gasteiger charge is -2.07. The summed E-state index contributed by atoms with van der Waals surface area (Å²) in [6.07, 6.45) is 1.38. The average Bonchev–Trinajstić information content (AvgIpc) is 2.18. The molecule has 5 nitrogen and oxygen atoms in total. The number of hydrogen-bond acceptors (Lipinski definition) is 4. The van der Waals surface area contributed by atoms with Crippen molar-refractivity contribution in [2.75, 3.05) is 19.0 Å². The topological polar surface area (TPSA) is 85.1 Å². The van der Waals surface area contributed by atoms with E-state index in [1.165, 1.54) is 12.3 Å². The Balaban J connectivity index is 3.09. The van der Waals surface area contributed by atoms with Crippen LogP contribution in [0.1, 0.15) is 0 Å². The number of hydrogen-bond donors (Lipinski definition) is 2. The van der Waals surface area contributed by atoms with Gasteiger partial charge in [-0.1, -0.05) is 0 Å². The van der Waals surface area contributed by atoms with Crippen molar-refractivity contribution in [3.63, 3.8) is 0 Å². The summed E-state index contributed by atoms with van der Waals surface area (Å²) in [4.78, 5) is 3.51. The van der Waals surface area contributed by atoms with E-state index in [-0.39, 0.29) is 17.3 Å². The van der Waals surface area contributed by atoms with Crippen molar-refractivity contribution in [1.82, 2.24) is 9.71 Å². The third kappa shape index (κ3) is 3.11. The number of nitrogen functional groups attached to an aromatic ring is 1. The number of aromatic nitrogens is 1. The minimum Gasteiger partial charge on any atom is -0.383 e. The monoisotopic (exact) mass is 297 g/mol. The fourth-order valence-corrected chi connectivity index (χ4v) is 2.49. The van der Waals surface area contributed by atoms with Crippen molar-refractivity contribution in [2.45, 2.75) is 4.90 Å². The van der Waals surface area contributed by atoms with Gasteiger partial charge in [0, 0.05) is 17.2 Å². The van der Waals surface area contributed by atoms with Gasteiger partial charge in [0.05, 0.1) is 0 Å². The highest BCUT2D eigenvalue weighted by Crippen LogP contribution is 2.19. The molecule has 84 valence electrons. The number of nitrogens with zero attached hydrogens (tertiary/aromatic N) is 1. The van der Waals surface area contributed by atoms with Crippen molar-refractivity contribution in [3.05, 3.63) is 16.7 Å². The quantitative estimate of drug-likeness (QED) is 0.855. The van der Waals surface area contributed by atoms with E-state index in [0.29, 0.717) is 4.47 Å². The van der Waals surface area contributed by atoms with E-state index in [2.05, 4.69) is 20.9 Å². The Morgan fingerprint density at radius 1 is 1.60 bits per heavy atom. The summed E-state index contributed by atoms with van der Waals surface area (Å²) in [6.45, 7) is -1.06. The van der Waals surface area contributed by atoms with Crippen LogP contribution in [0.25, 0.3) is 0 Å². The Bertz CT molecular complexity index is 452.